The summed E-state index contributed by atoms with van der Waals surface area (Å²) in [6.45, 7) is 12.4. The first kappa shape index (κ1) is 68.9. The van der Waals surface area contributed by atoms with Gasteiger partial charge in [0.25, 0.3) is 29.5 Å². The second kappa shape index (κ2) is 31.2. The summed E-state index contributed by atoms with van der Waals surface area (Å²) in [5.74, 6) is -4.98. The minimum atomic E-state index is -1.65. The summed E-state index contributed by atoms with van der Waals surface area (Å²) in [7, 11) is 7.77. The zero-order valence-corrected chi connectivity index (χ0v) is 53.7. The first-order valence-electron chi connectivity index (χ1n) is 30.0. The van der Waals surface area contributed by atoms with Crippen molar-refractivity contribution in [1.82, 2.24) is 14.7 Å². The number of nitrogens with one attached hydrogen (secondary N) is 2. The van der Waals surface area contributed by atoms with Gasteiger partial charge >= 0.3 is 23.9 Å². The number of nitrogens with zero attached hydrogens (tertiary/aromatic N) is 3. The number of hydrogen-bond donors (Lipinski definition) is 2. The van der Waals surface area contributed by atoms with Gasteiger partial charge in [-0.05, 0) is 149 Å². The number of hydrogen-bond acceptors (Lipinski definition) is 15. The molecule has 0 unspecified atom stereocenters. The highest BCUT2D eigenvalue weighted by Gasteiger charge is 2.55. The lowest BCUT2D eigenvalue weighted by Gasteiger charge is -2.33. The molecule has 0 saturated heterocycles. The standard InChI is InChI=1S/C40H41N3O8.C32H36N2O7/c1-7-49-39(48)40(33-15-11-10-14-31(33)38(47)43(40)6)24-50-35(44)23-26-16-21-34(32(22-26)37(46)42(4)5)41-36(45)30-13-9-8-12-29(30)27-17-19-28(20-18-27)51-25(2)3;1-7-39-31(37)28(32(38)40-8-2)22-15-18-27(26(19-22)30(36)34(5)6)33-29(35)25-12-10-9-11-24(25)21-13-16-23(17-14-21)41-20(3)4/h8-22,25H,7,23-24H2,1-6H3,(H,41,45);9-20,28H,7-8H2,1-6H3,(H,33,35)/t40-;/m0./s1. The van der Waals surface area contributed by atoms with Gasteiger partial charge in [-0.1, -0.05) is 91.0 Å². The van der Waals surface area contributed by atoms with Crippen LogP contribution < -0.4 is 20.1 Å². The predicted molar refractivity (Wildman–Crippen MR) is 348 cm³/mol. The Morgan fingerprint density at radius 1 is 0.500 bits per heavy atom. The fourth-order valence-electron chi connectivity index (χ4n) is 10.2. The largest absolute Gasteiger partial charge is 0.491 e. The summed E-state index contributed by atoms with van der Waals surface area (Å²) in [5, 5.41) is 5.73. The predicted octanol–water partition coefficient (Wildman–Crippen LogP) is 11.0. The number of anilines is 2. The van der Waals surface area contributed by atoms with Gasteiger partial charge in [0.15, 0.2) is 5.92 Å². The number of benzene rings is 7. The molecule has 8 rings (SSSR count). The molecule has 1 aliphatic heterocycles. The van der Waals surface area contributed by atoms with Crippen LogP contribution in [-0.4, -0.2) is 142 Å². The van der Waals surface area contributed by atoms with Gasteiger partial charge in [-0.2, -0.15) is 0 Å². The van der Waals surface area contributed by atoms with Crippen LogP contribution in [0.15, 0.2) is 158 Å². The van der Waals surface area contributed by atoms with Gasteiger partial charge in [-0.15, -0.1) is 0 Å². The average Bonchev–Trinajstić information content (AvgIpc) is 1.57. The molecule has 7 aromatic carbocycles. The molecule has 0 spiro atoms. The van der Waals surface area contributed by atoms with Crippen molar-refractivity contribution in [2.24, 2.45) is 0 Å². The molecule has 7 aromatic rings. The molecule has 20 nitrogen and oxygen atoms in total. The number of esters is 4. The summed E-state index contributed by atoms with van der Waals surface area (Å²) >= 11 is 0. The van der Waals surface area contributed by atoms with E-state index in [4.69, 9.17) is 28.4 Å². The topological polar surface area (TPSA) is 243 Å². The maximum Gasteiger partial charge on any atom is 0.340 e. The molecule has 1 heterocycles. The number of carbonyl (C=O) groups is 9. The molecule has 0 radical (unpaired) electrons. The Morgan fingerprint density at radius 2 is 0.935 bits per heavy atom. The van der Waals surface area contributed by atoms with E-state index in [1.807, 2.05) is 100 Å². The number of rotatable bonds is 23. The van der Waals surface area contributed by atoms with Crippen LogP contribution in [0.4, 0.5) is 11.4 Å². The van der Waals surface area contributed by atoms with Crippen molar-refractivity contribution < 1.29 is 71.6 Å². The minimum absolute atomic E-state index is 0.0255. The monoisotopic (exact) mass is 1250 g/mol. The normalized spacial score (nSPS) is 13.0. The van der Waals surface area contributed by atoms with Crippen LogP contribution in [0.25, 0.3) is 22.3 Å². The molecule has 1 atom stereocenters. The Kier molecular flexibility index (Phi) is 23.4. The third-order valence-electron chi connectivity index (χ3n) is 14.6. The highest BCUT2D eigenvalue weighted by atomic mass is 16.6. The third kappa shape index (κ3) is 16.2. The van der Waals surface area contributed by atoms with Gasteiger partial charge in [0.1, 0.15) is 18.1 Å². The SMILES string of the molecule is CCOC(=O)C(C(=O)OCC)c1ccc(NC(=O)c2ccccc2-c2ccc(OC(C)C)cc2)c(C(=O)N(C)C)c1.CCOC(=O)[C@]1(COC(=O)Cc2ccc(NC(=O)c3ccccc3-c3ccc(OC(C)C)cc3)c(C(=O)N(C)C)c2)c2ccccc2C(=O)N1C. The molecule has 1 aliphatic rings. The number of likely N-dealkylation sites (N-methyl/N-ethyl adjacent to an activating group) is 1. The summed E-state index contributed by atoms with van der Waals surface area (Å²) in [6, 6.07) is 45.0. The number of fused-ring (bicyclic) bond motifs is 1. The molecule has 0 aromatic heterocycles. The molecule has 0 saturated carbocycles. The third-order valence-corrected chi connectivity index (χ3v) is 14.6. The van der Waals surface area contributed by atoms with Crippen LogP contribution in [-0.2, 0) is 50.1 Å². The molecule has 0 fully saturated rings. The van der Waals surface area contributed by atoms with E-state index in [0.29, 0.717) is 38.9 Å². The van der Waals surface area contributed by atoms with E-state index in [0.717, 1.165) is 22.6 Å². The molecule has 0 bridgehead atoms. The molecular weight excluding hydrogens is 1170 g/mol. The van der Waals surface area contributed by atoms with Crippen molar-refractivity contribution in [3.63, 3.8) is 0 Å². The van der Waals surface area contributed by atoms with Gasteiger partial charge in [0.05, 0.1) is 61.0 Å². The first-order chi connectivity index (χ1) is 43.9. The van der Waals surface area contributed by atoms with Crippen molar-refractivity contribution in [3.05, 3.63) is 202 Å². The van der Waals surface area contributed by atoms with E-state index in [-0.39, 0.29) is 66.5 Å². The number of amides is 5. The lowest BCUT2D eigenvalue weighted by Crippen LogP contribution is -2.52. The van der Waals surface area contributed by atoms with Crippen LogP contribution in [0.2, 0.25) is 0 Å². The van der Waals surface area contributed by atoms with Crippen LogP contribution >= 0.6 is 0 Å². The Morgan fingerprint density at radius 3 is 1.39 bits per heavy atom. The van der Waals surface area contributed by atoms with E-state index in [1.54, 1.807) is 110 Å². The molecule has 20 heteroatoms. The van der Waals surface area contributed by atoms with Gasteiger partial charge in [-0.3, -0.25) is 38.4 Å². The summed E-state index contributed by atoms with van der Waals surface area (Å²) < 4.78 is 32.7. The maximum absolute atomic E-state index is 13.7. The molecule has 480 valence electrons. The second-order valence-electron chi connectivity index (χ2n) is 22.2. The minimum Gasteiger partial charge on any atom is -0.491 e. The number of carbonyl (C=O) groups excluding carboxylic acids is 9. The highest BCUT2D eigenvalue weighted by molar-refractivity contribution is 6.14. The van der Waals surface area contributed by atoms with Crippen LogP contribution in [0.3, 0.4) is 0 Å². The fraction of sp³-hybridized carbons (Fsp3) is 0.292. The Bertz CT molecular complexity index is 3840. The first-order valence-corrected chi connectivity index (χ1v) is 30.0. The van der Waals surface area contributed by atoms with E-state index >= 15 is 0 Å². The molecule has 0 aliphatic carbocycles. The van der Waals surface area contributed by atoms with Crippen molar-refractivity contribution >= 4 is 64.8 Å². The smallest absolute Gasteiger partial charge is 0.340 e. The van der Waals surface area contributed by atoms with E-state index in [2.05, 4.69) is 10.6 Å². The molecule has 92 heavy (non-hydrogen) atoms. The zero-order valence-electron chi connectivity index (χ0n) is 53.7. The van der Waals surface area contributed by atoms with Crippen molar-refractivity contribution in [3.8, 4) is 33.8 Å². The van der Waals surface area contributed by atoms with Gasteiger partial charge in [-0.25, -0.2) is 4.79 Å². The number of ether oxygens (including phenoxy) is 6. The van der Waals surface area contributed by atoms with Gasteiger partial charge in [0.2, 0.25) is 5.54 Å². The highest BCUT2D eigenvalue weighted by Crippen LogP contribution is 2.40. The lowest BCUT2D eigenvalue weighted by molar-refractivity contribution is -0.164. The Labute approximate surface area is 535 Å². The summed E-state index contributed by atoms with van der Waals surface area (Å²) in [6.07, 6.45) is -0.189. The van der Waals surface area contributed by atoms with Crippen LogP contribution in [0.1, 0.15) is 123 Å². The van der Waals surface area contributed by atoms with Gasteiger partial charge in [0, 0.05) is 57.5 Å². The molecule has 2 N–H and O–H groups in total. The van der Waals surface area contributed by atoms with Crippen molar-refractivity contribution in [2.45, 2.75) is 78.6 Å². The Balaban J connectivity index is 0.000000268. The maximum atomic E-state index is 13.7. The van der Waals surface area contributed by atoms with Crippen molar-refractivity contribution in [2.75, 3.05) is 72.3 Å². The Hall–Kier alpha value is -10.6. The summed E-state index contributed by atoms with van der Waals surface area (Å²) in [5.41, 5.74) is 4.30. The van der Waals surface area contributed by atoms with E-state index < -0.39 is 71.5 Å². The van der Waals surface area contributed by atoms with Crippen LogP contribution in [0, 0.1) is 0 Å². The van der Waals surface area contributed by atoms with Crippen LogP contribution in [0.5, 0.6) is 11.5 Å². The summed E-state index contributed by atoms with van der Waals surface area (Å²) in [4.78, 5) is 123. The van der Waals surface area contributed by atoms with E-state index in [1.165, 1.54) is 46.0 Å². The fourth-order valence-corrected chi connectivity index (χ4v) is 10.2. The lowest BCUT2D eigenvalue weighted by atomic mass is 9.90. The second-order valence-corrected chi connectivity index (χ2v) is 22.2. The quantitative estimate of drug-likeness (QED) is 0.0344. The van der Waals surface area contributed by atoms with Gasteiger partial charge < -0.3 is 53.8 Å². The van der Waals surface area contributed by atoms with Crippen molar-refractivity contribution in [1.29, 1.82) is 0 Å². The molecular formula is C72H77N5O15. The van der Waals surface area contributed by atoms with E-state index in [9.17, 15) is 43.2 Å². The zero-order chi connectivity index (χ0) is 67.0. The molecule has 5 amide bonds. The average molecular weight is 1250 g/mol.